The van der Waals surface area contributed by atoms with Crippen LogP contribution < -0.4 is 11.5 Å². The summed E-state index contributed by atoms with van der Waals surface area (Å²) in [7, 11) is 0. The molecule has 1 heterocycles. The Labute approximate surface area is 109 Å². The van der Waals surface area contributed by atoms with Crippen molar-refractivity contribution in [1.29, 1.82) is 0 Å². The molecule has 18 heavy (non-hydrogen) atoms. The second kappa shape index (κ2) is 6.85. The Morgan fingerprint density at radius 3 is 2.61 bits per heavy atom. The Kier molecular flexibility index (Phi) is 5.13. The molecule has 0 spiro atoms. The maximum atomic E-state index is 5.90. The first-order valence-corrected chi connectivity index (χ1v) is 6.67. The lowest BCUT2D eigenvalue weighted by molar-refractivity contribution is 0.0171. The molecule has 0 saturated carbocycles. The number of hydrogen-bond acceptors (Lipinski definition) is 4. The monoisotopic (exact) mass is 249 g/mol. The molecule has 0 fully saturated rings. The Morgan fingerprint density at radius 1 is 1.17 bits per heavy atom. The van der Waals surface area contributed by atoms with Gasteiger partial charge in [-0.3, -0.25) is 4.90 Å². The van der Waals surface area contributed by atoms with Crippen LogP contribution in [0.1, 0.15) is 17.2 Å². The summed E-state index contributed by atoms with van der Waals surface area (Å²) in [4.78, 5) is 2.28. The van der Waals surface area contributed by atoms with E-state index in [9.17, 15) is 0 Å². The summed E-state index contributed by atoms with van der Waals surface area (Å²) in [5.41, 5.74) is 14.0. The Morgan fingerprint density at radius 2 is 1.89 bits per heavy atom. The van der Waals surface area contributed by atoms with Crippen LogP contribution in [0, 0.1) is 0 Å². The molecule has 4 heteroatoms. The van der Waals surface area contributed by atoms with Crippen molar-refractivity contribution in [2.24, 2.45) is 11.5 Å². The van der Waals surface area contributed by atoms with E-state index in [-0.39, 0.29) is 6.10 Å². The van der Waals surface area contributed by atoms with Crippen molar-refractivity contribution in [3.63, 3.8) is 0 Å². The van der Waals surface area contributed by atoms with Gasteiger partial charge in [0.2, 0.25) is 0 Å². The Hall–Kier alpha value is -0.940. The molecule has 0 saturated heterocycles. The van der Waals surface area contributed by atoms with Crippen molar-refractivity contribution in [2.45, 2.75) is 12.5 Å². The van der Waals surface area contributed by atoms with Gasteiger partial charge < -0.3 is 16.2 Å². The Bertz CT molecular complexity index is 364. The van der Waals surface area contributed by atoms with E-state index in [2.05, 4.69) is 29.2 Å². The maximum absolute atomic E-state index is 5.90. The highest BCUT2D eigenvalue weighted by Gasteiger charge is 2.22. The van der Waals surface area contributed by atoms with E-state index in [0.29, 0.717) is 13.1 Å². The molecule has 1 aromatic carbocycles. The van der Waals surface area contributed by atoms with Crippen molar-refractivity contribution in [3.8, 4) is 0 Å². The molecular formula is C14H23N3O. The highest BCUT2D eigenvalue weighted by molar-refractivity contribution is 5.31. The smallest absolute Gasteiger partial charge is 0.0954 e. The molecule has 4 nitrogen and oxygen atoms in total. The second-order valence-corrected chi connectivity index (χ2v) is 4.69. The first-order valence-electron chi connectivity index (χ1n) is 6.67. The van der Waals surface area contributed by atoms with Crippen LogP contribution in [0.3, 0.4) is 0 Å². The fourth-order valence-corrected chi connectivity index (χ4v) is 2.52. The van der Waals surface area contributed by atoms with Crippen LogP contribution in [-0.4, -0.2) is 44.2 Å². The fraction of sp³-hybridized carbons (Fsp3) is 0.571. The van der Waals surface area contributed by atoms with Gasteiger partial charge in [0.05, 0.1) is 12.7 Å². The van der Waals surface area contributed by atoms with Gasteiger partial charge >= 0.3 is 0 Å². The third kappa shape index (κ3) is 3.29. The van der Waals surface area contributed by atoms with E-state index >= 15 is 0 Å². The summed E-state index contributed by atoms with van der Waals surface area (Å²) in [6, 6.07) is 8.54. The van der Waals surface area contributed by atoms with Crippen molar-refractivity contribution < 1.29 is 4.74 Å². The van der Waals surface area contributed by atoms with E-state index < -0.39 is 0 Å². The van der Waals surface area contributed by atoms with Crippen molar-refractivity contribution in [3.05, 3.63) is 35.4 Å². The fourth-order valence-electron chi connectivity index (χ4n) is 2.52. The Balaban J connectivity index is 2.05. The molecule has 1 aliphatic heterocycles. The molecule has 1 aromatic rings. The molecule has 2 rings (SSSR count). The first kappa shape index (κ1) is 13.5. The third-order valence-corrected chi connectivity index (χ3v) is 3.41. The zero-order valence-electron chi connectivity index (χ0n) is 10.8. The SMILES string of the molecule is NCCN(CCN)CC1OCCc2ccccc21. The second-order valence-electron chi connectivity index (χ2n) is 4.69. The molecule has 0 aromatic heterocycles. The summed E-state index contributed by atoms with van der Waals surface area (Å²) in [5.74, 6) is 0. The molecule has 4 N–H and O–H groups in total. The van der Waals surface area contributed by atoms with Crippen molar-refractivity contribution in [2.75, 3.05) is 39.3 Å². The standard InChI is InChI=1S/C14H23N3O/c15-6-8-17(9-7-16)11-14-13-4-2-1-3-12(13)5-10-18-14/h1-4,14H,5-11,15-16H2. The van der Waals surface area contributed by atoms with Crippen LogP contribution in [-0.2, 0) is 11.2 Å². The van der Waals surface area contributed by atoms with Crippen LogP contribution in [0.25, 0.3) is 0 Å². The average molecular weight is 249 g/mol. The largest absolute Gasteiger partial charge is 0.372 e. The van der Waals surface area contributed by atoms with E-state index in [1.165, 1.54) is 11.1 Å². The summed E-state index contributed by atoms with van der Waals surface area (Å²) < 4.78 is 5.90. The predicted octanol–water partition coefficient (Wildman–Crippen LogP) is 0.520. The topological polar surface area (TPSA) is 64.5 Å². The first-order chi connectivity index (χ1) is 8.85. The van der Waals surface area contributed by atoms with Gasteiger partial charge in [-0.15, -0.1) is 0 Å². The van der Waals surface area contributed by atoms with Crippen LogP contribution in [0.15, 0.2) is 24.3 Å². The van der Waals surface area contributed by atoms with Gasteiger partial charge in [-0.05, 0) is 17.5 Å². The minimum atomic E-state index is 0.160. The maximum Gasteiger partial charge on any atom is 0.0954 e. The van der Waals surface area contributed by atoms with Crippen LogP contribution in [0.5, 0.6) is 0 Å². The minimum absolute atomic E-state index is 0.160. The predicted molar refractivity (Wildman–Crippen MR) is 73.4 cm³/mol. The molecule has 1 unspecified atom stereocenters. The number of nitrogens with zero attached hydrogens (tertiary/aromatic N) is 1. The summed E-state index contributed by atoms with van der Waals surface area (Å²) in [5, 5.41) is 0. The van der Waals surface area contributed by atoms with Crippen LogP contribution in [0.2, 0.25) is 0 Å². The van der Waals surface area contributed by atoms with E-state index in [0.717, 1.165) is 32.7 Å². The highest BCUT2D eigenvalue weighted by atomic mass is 16.5. The van der Waals surface area contributed by atoms with E-state index in [4.69, 9.17) is 16.2 Å². The van der Waals surface area contributed by atoms with Gasteiger partial charge in [-0.2, -0.15) is 0 Å². The van der Waals surface area contributed by atoms with Gasteiger partial charge in [-0.1, -0.05) is 24.3 Å². The minimum Gasteiger partial charge on any atom is -0.372 e. The molecule has 0 radical (unpaired) electrons. The zero-order chi connectivity index (χ0) is 12.8. The zero-order valence-corrected chi connectivity index (χ0v) is 10.8. The number of nitrogens with two attached hydrogens (primary N) is 2. The average Bonchev–Trinajstić information content (AvgIpc) is 2.40. The molecule has 0 amide bonds. The van der Waals surface area contributed by atoms with E-state index in [1.807, 2.05) is 0 Å². The summed E-state index contributed by atoms with van der Waals surface area (Å²) >= 11 is 0. The van der Waals surface area contributed by atoms with Crippen molar-refractivity contribution >= 4 is 0 Å². The molecule has 0 aliphatic carbocycles. The van der Waals surface area contributed by atoms with Gasteiger partial charge in [0.1, 0.15) is 0 Å². The lowest BCUT2D eigenvalue weighted by atomic mass is 9.97. The summed E-state index contributed by atoms with van der Waals surface area (Å²) in [6.07, 6.45) is 1.17. The van der Waals surface area contributed by atoms with E-state index in [1.54, 1.807) is 0 Å². The lowest BCUT2D eigenvalue weighted by Gasteiger charge is -2.31. The molecular weight excluding hydrogens is 226 g/mol. The van der Waals surface area contributed by atoms with Crippen LogP contribution in [0.4, 0.5) is 0 Å². The summed E-state index contributed by atoms with van der Waals surface area (Å²) in [6.45, 7) is 4.76. The number of hydrogen-bond donors (Lipinski definition) is 2. The number of benzene rings is 1. The van der Waals surface area contributed by atoms with Crippen LogP contribution >= 0.6 is 0 Å². The van der Waals surface area contributed by atoms with Gasteiger partial charge in [0, 0.05) is 32.7 Å². The molecule has 1 aliphatic rings. The highest BCUT2D eigenvalue weighted by Crippen LogP contribution is 2.27. The lowest BCUT2D eigenvalue weighted by Crippen LogP contribution is -2.38. The molecule has 0 bridgehead atoms. The number of ether oxygens (including phenoxy) is 1. The van der Waals surface area contributed by atoms with Gasteiger partial charge in [0.25, 0.3) is 0 Å². The molecule has 100 valence electrons. The van der Waals surface area contributed by atoms with Gasteiger partial charge in [-0.25, -0.2) is 0 Å². The van der Waals surface area contributed by atoms with Gasteiger partial charge in [0.15, 0.2) is 0 Å². The normalized spacial score (nSPS) is 18.9. The number of fused-ring (bicyclic) bond motifs is 1. The molecule has 1 atom stereocenters. The van der Waals surface area contributed by atoms with Crippen molar-refractivity contribution in [1.82, 2.24) is 4.90 Å². The number of rotatable bonds is 6. The third-order valence-electron chi connectivity index (χ3n) is 3.41. The quantitative estimate of drug-likeness (QED) is 0.771.